The van der Waals surface area contributed by atoms with E-state index < -0.39 is 11.0 Å². The first-order valence-corrected chi connectivity index (χ1v) is 8.76. The van der Waals surface area contributed by atoms with Crippen LogP contribution in [-0.2, 0) is 21.7 Å². The van der Waals surface area contributed by atoms with Gasteiger partial charge in [0, 0.05) is 0 Å². The van der Waals surface area contributed by atoms with Crippen LogP contribution in [0.15, 0.2) is 24.3 Å². The number of esters is 1. The fraction of sp³-hybridized carbons (Fsp3) is 0.650. The second kappa shape index (κ2) is 7.04. The third-order valence-electron chi connectivity index (χ3n) is 5.49. The van der Waals surface area contributed by atoms with Crippen molar-refractivity contribution in [3.05, 3.63) is 35.4 Å². The van der Waals surface area contributed by atoms with Gasteiger partial charge in [-0.25, -0.2) is 0 Å². The van der Waals surface area contributed by atoms with Crippen LogP contribution in [0.1, 0.15) is 70.9 Å². The Morgan fingerprint density at radius 3 is 2.26 bits per heavy atom. The molecule has 3 nitrogen and oxygen atoms in total. The van der Waals surface area contributed by atoms with Gasteiger partial charge in [0.05, 0.1) is 11.0 Å². The molecule has 0 aliphatic heterocycles. The van der Waals surface area contributed by atoms with Crippen molar-refractivity contribution in [3.8, 4) is 0 Å². The fourth-order valence-electron chi connectivity index (χ4n) is 3.15. The molecule has 0 amide bonds. The summed E-state index contributed by atoms with van der Waals surface area (Å²) in [6.07, 6.45) is 5.37. The molecule has 1 atom stereocenters. The molecule has 128 valence electrons. The molecule has 1 saturated carbocycles. The quantitative estimate of drug-likeness (QED) is 0.782. The van der Waals surface area contributed by atoms with Crippen molar-refractivity contribution in [2.24, 2.45) is 11.3 Å². The summed E-state index contributed by atoms with van der Waals surface area (Å²) in [7, 11) is 0. The Morgan fingerprint density at radius 1 is 1.17 bits per heavy atom. The molecular weight excluding hydrogens is 288 g/mol. The molecule has 0 aromatic heterocycles. The second-order valence-electron chi connectivity index (χ2n) is 7.64. The van der Waals surface area contributed by atoms with E-state index in [2.05, 4.69) is 0 Å². The molecule has 1 aliphatic carbocycles. The molecule has 0 bridgehead atoms. The van der Waals surface area contributed by atoms with Crippen LogP contribution in [0, 0.1) is 11.3 Å². The van der Waals surface area contributed by atoms with Crippen LogP contribution in [0.5, 0.6) is 0 Å². The van der Waals surface area contributed by atoms with Gasteiger partial charge < -0.3 is 9.84 Å². The summed E-state index contributed by atoms with van der Waals surface area (Å²) in [5, 5.41) is 10.8. The van der Waals surface area contributed by atoms with Crippen molar-refractivity contribution < 1.29 is 14.6 Å². The van der Waals surface area contributed by atoms with E-state index in [1.807, 2.05) is 52.0 Å². The molecule has 3 heteroatoms. The van der Waals surface area contributed by atoms with Gasteiger partial charge in [0.1, 0.15) is 6.61 Å². The van der Waals surface area contributed by atoms with Crippen molar-refractivity contribution in [3.63, 3.8) is 0 Å². The minimum atomic E-state index is -0.768. The van der Waals surface area contributed by atoms with Gasteiger partial charge in [-0.15, -0.1) is 0 Å². The zero-order chi connectivity index (χ0) is 17.1. The first-order chi connectivity index (χ1) is 10.8. The van der Waals surface area contributed by atoms with Crippen molar-refractivity contribution >= 4 is 5.97 Å². The summed E-state index contributed by atoms with van der Waals surface area (Å²) in [6.45, 7) is 7.99. The number of benzene rings is 1. The lowest BCUT2D eigenvalue weighted by atomic mass is 9.81. The van der Waals surface area contributed by atoms with Gasteiger partial charge in [0.25, 0.3) is 0 Å². The fourth-order valence-corrected chi connectivity index (χ4v) is 3.15. The Kier molecular flexibility index (Phi) is 5.51. The van der Waals surface area contributed by atoms with E-state index in [1.165, 1.54) is 12.8 Å². The molecule has 1 aromatic rings. The summed E-state index contributed by atoms with van der Waals surface area (Å²) in [5.74, 6) is 0.179. The van der Waals surface area contributed by atoms with Gasteiger partial charge in [-0.2, -0.15) is 0 Å². The highest BCUT2D eigenvalue weighted by Gasteiger charge is 2.35. The smallest absolute Gasteiger partial charge is 0.311 e. The normalized spacial score (nSPS) is 18.7. The maximum atomic E-state index is 12.0. The Bertz CT molecular complexity index is 522. The van der Waals surface area contributed by atoms with Crippen LogP contribution >= 0.6 is 0 Å². The van der Waals surface area contributed by atoms with Gasteiger partial charge in [0.2, 0.25) is 0 Å². The molecular formula is C20H30O3. The lowest BCUT2D eigenvalue weighted by molar-refractivity contribution is -0.155. The van der Waals surface area contributed by atoms with Gasteiger partial charge in [0.15, 0.2) is 0 Å². The van der Waals surface area contributed by atoms with E-state index in [1.54, 1.807) is 0 Å². The Morgan fingerprint density at radius 2 is 1.74 bits per heavy atom. The Hall–Kier alpha value is -1.35. The largest absolute Gasteiger partial charge is 0.460 e. The third-order valence-corrected chi connectivity index (χ3v) is 5.49. The zero-order valence-electron chi connectivity index (χ0n) is 14.9. The first kappa shape index (κ1) is 18.0. The third kappa shape index (κ3) is 4.14. The molecule has 0 radical (unpaired) electrons. The van der Waals surface area contributed by atoms with E-state index in [-0.39, 0.29) is 12.6 Å². The van der Waals surface area contributed by atoms with Crippen molar-refractivity contribution in [2.75, 3.05) is 0 Å². The van der Waals surface area contributed by atoms with Crippen molar-refractivity contribution in [1.82, 2.24) is 0 Å². The summed E-state index contributed by atoms with van der Waals surface area (Å²) in [5.41, 5.74) is 0.701. The van der Waals surface area contributed by atoms with Gasteiger partial charge in [-0.1, -0.05) is 44.0 Å². The van der Waals surface area contributed by atoms with Gasteiger partial charge in [-0.3, -0.25) is 4.79 Å². The van der Waals surface area contributed by atoms with Crippen LogP contribution in [0.4, 0.5) is 0 Å². The summed E-state index contributed by atoms with van der Waals surface area (Å²) >= 11 is 0. The molecule has 0 heterocycles. The standard InChI is InChI=1S/C20H30O3/c1-5-19(2,3)18(21)23-14-15-10-12-17(13-11-15)20(4,22)16-8-6-7-9-16/h10-13,16,22H,5-9,14H2,1-4H3. The SMILES string of the molecule is CCC(C)(C)C(=O)OCc1ccc(C(C)(O)C2CCCC2)cc1. The highest BCUT2D eigenvalue weighted by Crippen LogP contribution is 2.40. The topological polar surface area (TPSA) is 46.5 Å². The number of rotatable bonds is 6. The van der Waals surface area contributed by atoms with Crippen LogP contribution in [0.2, 0.25) is 0 Å². The average molecular weight is 318 g/mol. The molecule has 0 saturated heterocycles. The molecule has 2 rings (SSSR count). The lowest BCUT2D eigenvalue weighted by Crippen LogP contribution is -2.30. The zero-order valence-corrected chi connectivity index (χ0v) is 14.9. The molecule has 23 heavy (non-hydrogen) atoms. The minimum absolute atomic E-state index is 0.165. The average Bonchev–Trinajstić information content (AvgIpc) is 3.08. The van der Waals surface area contributed by atoms with Crippen molar-refractivity contribution in [2.45, 2.75) is 72.0 Å². The Labute approximate surface area is 140 Å². The van der Waals surface area contributed by atoms with E-state index in [0.29, 0.717) is 5.92 Å². The second-order valence-corrected chi connectivity index (χ2v) is 7.64. The lowest BCUT2D eigenvalue weighted by Gasteiger charge is -2.30. The number of hydrogen-bond donors (Lipinski definition) is 1. The van der Waals surface area contributed by atoms with E-state index >= 15 is 0 Å². The summed E-state index contributed by atoms with van der Waals surface area (Å²) in [6, 6.07) is 7.83. The highest BCUT2D eigenvalue weighted by molar-refractivity contribution is 5.75. The molecule has 1 N–H and O–H groups in total. The monoisotopic (exact) mass is 318 g/mol. The molecule has 1 aromatic carbocycles. The molecule has 1 aliphatic rings. The number of hydrogen-bond acceptors (Lipinski definition) is 3. The van der Waals surface area contributed by atoms with Gasteiger partial charge in [-0.05, 0) is 57.1 Å². The molecule has 0 spiro atoms. The maximum absolute atomic E-state index is 12.0. The van der Waals surface area contributed by atoms with Crippen LogP contribution in [0.3, 0.4) is 0 Å². The van der Waals surface area contributed by atoms with Crippen LogP contribution in [-0.4, -0.2) is 11.1 Å². The summed E-state index contributed by atoms with van der Waals surface area (Å²) in [4.78, 5) is 12.0. The molecule has 1 fully saturated rings. The van der Waals surface area contributed by atoms with Crippen LogP contribution < -0.4 is 0 Å². The minimum Gasteiger partial charge on any atom is -0.460 e. The first-order valence-electron chi connectivity index (χ1n) is 8.76. The highest BCUT2D eigenvalue weighted by atomic mass is 16.5. The number of aliphatic hydroxyl groups is 1. The van der Waals surface area contributed by atoms with Gasteiger partial charge >= 0.3 is 5.97 Å². The van der Waals surface area contributed by atoms with Crippen LogP contribution in [0.25, 0.3) is 0 Å². The predicted octanol–water partition coefficient (Wildman–Crippen LogP) is 4.56. The van der Waals surface area contributed by atoms with E-state index in [9.17, 15) is 9.90 Å². The summed E-state index contributed by atoms with van der Waals surface area (Å²) < 4.78 is 5.41. The number of carbonyl (C=O) groups excluding carboxylic acids is 1. The van der Waals surface area contributed by atoms with E-state index in [4.69, 9.17) is 4.74 Å². The maximum Gasteiger partial charge on any atom is 0.311 e. The van der Waals surface area contributed by atoms with Crippen molar-refractivity contribution in [1.29, 1.82) is 0 Å². The van der Waals surface area contributed by atoms with E-state index in [0.717, 1.165) is 30.4 Å². The number of ether oxygens (including phenoxy) is 1. The Balaban J connectivity index is 1.98. The molecule has 1 unspecified atom stereocenters. The predicted molar refractivity (Wildman–Crippen MR) is 91.8 cm³/mol. The number of carbonyl (C=O) groups is 1.